The van der Waals surface area contributed by atoms with Crippen molar-refractivity contribution in [2.24, 2.45) is 0 Å². The predicted molar refractivity (Wildman–Crippen MR) is 66.4 cm³/mol. The van der Waals surface area contributed by atoms with E-state index in [0.717, 1.165) is 5.69 Å². The van der Waals surface area contributed by atoms with Crippen molar-refractivity contribution in [2.45, 2.75) is 26.7 Å². The van der Waals surface area contributed by atoms with Crippen molar-refractivity contribution < 1.29 is 0 Å². The largest absolute Gasteiger partial charge is 0.249 e. The first-order valence-electron chi connectivity index (χ1n) is 5.19. The smallest absolute Gasteiger partial charge is 0.0801 e. The number of benzene rings is 1. The van der Waals surface area contributed by atoms with E-state index in [0.29, 0.717) is 5.92 Å². The number of aromatic nitrogens is 1. The molecular weight excluding hydrogens is 202 g/mol. The molecule has 1 heterocycles. The number of nitrogens with zero attached hydrogens (tertiary/aromatic N) is 1. The lowest BCUT2D eigenvalue weighted by atomic mass is 10.0. The van der Waals surface area contributed by atoms with Gasteiger partial charge in [-0.3, -0.25) is 0 Å². The first-order chi connectivity index (χ1) is 7.18. The highest BCUT2D eigenvalue weighted by Gasteiger charge is 2.05. The van der Waals surface area contributed by atoms with Crippen molar-refractivity contribution in [3.05, 3.63) is 41.0 Å². The fourth-order valence-electron chi connectivity index (χ4n) is 1.60. The normalized spacial score (nSPS) is 10.9. The average molecular weight is 217 g/mol. The van der Waals surface area contributed by atoms with Gasteiger partial charge in [-0.2, -0.15) is 0 Å². The molecule has 0 amide bonds. The van der Waals surface area contributed by atoms with Crippen LogP contribution < -0.4 is 0 Å². The van der Waals surface area contributed by atoms with E-state index >= 15 is 0 Å². The highest BCUT2D eigenvalue weighted by molar-refractivity contribution is 7.13. The molecule has 2 aromatic rings. The molecule has 0 spiro atoms. The number of rotatable bonds is 2. The summed E-state index contributed by atoms with van der Waals surface area (Å²) in [4.78, 5) is 5.55. The van der Waals surface area contributed by atoms with Crippen LogP contribution >= 0.6 is 11.3 Å². The fourth-order valence-corrected chi connectivity index (χ4v) is 2.41. The summed E-state index contributed by atoms with van der Waals surface area (Å²) in [6.07, 6.45) is 0. The molecule has 1 aromatic carbocycles. The summed E-state index contributed by atoms with van der Waals surface area (Å²) >= 11 is 1.71. The summed E-state index contributed by atoms with van der Waals surface area (Å²) in [5.74, 6) is 0.599. The molecule has 15 heavy (non-hydrogen) atoms. The lowest BCUT2D eigenvalue weighted by molar-refractivity contribution is 0.867. The van der Waals surface area contributed by atoms with E-state index in [1.807, 2.05) is 5.51 Å². The maximum Gasteiger partial charge on any atom is 0.0801 e. The Morgan fingerprint density at radius 3 is 2.27 bits per heavy atom. The van der Waals surface area contributed by atoms with Gasteiger partial charge in [0.1, 0.15) is 0 Å². The van der Waals surface area contributed by atoms with Crippen molar-refractivity contribution in [2.75, 3.05) is 0 Å². The van der Waals surface area contributed by atoms with Crippen LogP contribution in [0.25, 0.3) is 10.4 Å². The van der Waals surface area contributed by atoms with Crippen LogP contribution in [0.1, 0.15) is 31.0 Å². The Morgan fingerprint density at radius 1 is 1.13 bits per heavy atom. The van der Waals surface area contributed by atoms with Gasteiger partial charge in [-0.05, 0) is 24.0 Å². The molecule has 0 atom stereocenters. The maximum atomic E-state index is 4.27. The van der Waals surface area contributed by atoms with Crippen LogP contribution in [0.2, 0.25) is 0 Å². The van der Waals surface area contributed by atoms with Gasteiger partial charge in [-0.25, -0.2) is 4.98 Å². The van der Waals surface area contributed by atoms with Gasteiger partial charge in [0.15, 0.2) is 0 Å². The van der Waals surface area contributed by atoms with Gasteiger partial charge < -0.3 is 0 Å². The Labute approximate surface area is 94.8 Å². The molecule has 0 aliphatic carbocycles. The highest BCUT2D eigenvalue weighted by atomic mass is 32.1. The minimum absolute atomic E-state index is 0.599. The zero-order chi connectivity index (χ0) is 10.8. The Kier molecular flexibility index (Phi) is 2.87. The van der Waals surface area contributed by atoms with E-state index in [1.54, 1.807) is 11.3 Å². The van der Waals surface area contributed by atoms with E-state index in [-0.39, 0.29) is 0 Å². The molecule has 0 radical (unpaired) electrons. The Hall–Kier alpha value is -1.15. The zero-order valence-corrected chi connectivity index (χ0v) is 10.1. The van der Waals surface area contributed by atoms with Crippen molar-refractivity contribution in [1.29, 1.82) is 0 Å². The van der Waals surface area contributed by atoms with Crippen LogP contribution in [0.3, 0.4) is 0 Å². The Bertz CT molecular complexity index is 440. The van der Waals surface area contributed by atoms with Crippen LogP contribution in [0.5, 0.6) is 0 Å². The average Bonchev–Trinajstić information content (AvgIpc) is 2.65. The van der Waals surface area contributed by atoms with E-state index in [2.05, 4.69) is 50.0 Å². The first-order valence-corrected chi connectivity index (χ1v) is 6.07. The summed E-state index contributed by atoms with van der Waals surface area (Å²) in [5.41, 5.74) is 5.69. The highest BCUT2D eigenvalue weighted by Crippen LogP contribution is 2.28. The van der Waals surface area contributed by atoms with E-state index in [1.165, 1.54) is 16.0 Å². The van der Waals surface area contributed by atoms with Gasteiger partial charge in [0.05, 0.1) is 16.1 Å². The lowest BCUT2D eigenvalue weighted by Gasteiger charge is -2.06. The molecule has 2 rings (SSSR count). The summed E-state index contributed by atoms with van der Waals surface area (Å²) in [6.45, 7) is 6.49. The monoisotopic (exact) mass is 217 g/mol. The molecular formula is C13H15NS. The summed E-state index contributed by atoms with van der Waals surface area (Å²) in [7, 11) is 0. The standard InChI is InChI=1S/C13H15NS/c1-9(2)11-4-6-12(7-5-11)13-10(3)14-8-15-13/h4-9H,1-3H3. The van der Waals surface area contributed by atoms with E-state index in [4.69, 9.17) is 0 Å². The third-order valence-electron chi connectivity index (χ3n) is 2.59. The van der Waals surface area contributed by atoms with Crippen LogP contribution in [0.4, 0.5) is 0 Å². The van der Waals surface area contributed by atoms with Gasteiger partial charge in [0.2, 0.25) is 0 Å². The van der Waals surface area contributed by atoms with Crippen molar-refractivity contribution in [3.63, 3.8) is 0 Å². The van der Waals surface area contributed by atoms with Crippen molar-refractivity contribution >= 4 is 11.3 Å². The van der Waals surface area contributed by atoms with Crippen LogP contribution in [0.15, 0.2) is 29.8 Å². The number of thiazole rings is 1. The fraction of sp³-hybridized carbons (Fsp3) is 0.308. The SMILES string of the molecule is Cc1ncsc1-c1ccc(C(C)C)cc1. The molecule has 0 aliphatic rings. The summed E-state index contributed by atoms with van der Waals surface area (Å²) < 4.78 is 0. The second kappa shape index (κ2) is 4.15. The summed E-state index contributed by atoms with van der Waals surface area (Å²) in [6, 6.07) is 8.80. The molecule has 1 nitrogen and oxygen atoms in total. The van der Waals surface area contributed by atoms with Crippen LogP contribution in [-0.4, -0.2) is 4.98 Å². The molecule has 78 valence electrons. The lowest BCUT2D eigenvalue weighted by Crippen LogP contribution is -1.86. The first kappa shape index (κ1) is 10.4. The molecule has 0 unspecified atom stereocenters. The van der Waals surface area contributed by atoms with Gasteiger partial charge in [-0.15, -0.1) is 11.3 Å². The minimum atomic E-state index is 0.599. The second-order valence-corrected chi connectivity index (χ2v) is 4.90. The van der Waals surface area contributed by atoms with Gasteiger partial charge in [0.25, 0.3) is 0 Å². The topological polar surface area (TPSA) is 12.9 Å². The molecule has 0 saturated carbocycles. The van der Waals surface area contributed by atoms with Crippen LogP contribution in [0, 0.1) is 6.92 Å². The van der Waals surface area contributed by atoms with E-state index < -0.39 is 0 Å². The van der Waals surface area contributed by atoms with Crippen molar-refractivity contribution in [1.82, 2.24) is 4.98 Å². The predicted octanol–water partition coefficient (Wildman–Crippen LogP) is 4.24. The second-order valence-electron chi connectivity index (χ2n) is 4.04. The third-order valence-corrected chi connectivity index (χ3v) is 3.56. The Morgan fingerprint density at radius 2 is 1.80 bits per heavy atom. The molecule has 2 heteroatoms. The number of hydrogen-bond acceptors (Lipinski definition) is 2. The molecule has 0 aliphatic heterocycles. The molecule has 0 saturated heterocycles. The molecule has 0 bridgehead atoms. The van der Waals surface area contributed by atoms with Crippen molar-refractivity contribution in [3.8, 4) is 10.4 Å². The maximum absolute atomic E-state index is 4.27. The third kappa shape index (κ3) is 2.10. The number of hydrogen-bond donors (Lipinski definition) is 0. The molecule has 0 N–H and O–H groups in total. The quantitative estimate of drug-likeness (QED) is 0.733. The molecule has 1 aromatic heterocycles. The van der Waals surface area contributed by atoms with Gasteiger partial charge in [0, 0.05) is 0 Å². The zero-order valence-electron chi connectivity index (χ0n) is 9.32. The minimum Gasteiger partial charge on any atom is -0.249 e. The van der Waals surface area contributed by atoms with E-state index in [9.17, 15) is 0 Å². The van der Waals surface area contributed by atoms with Crippen LogP contribution in [-0.2, 0) is 0 Å². The summed E-state index contributed by atoms with van der Waals surface area (Å²) in [5, 5.41) is 0. The Balaban J connectivity index is 2.36. The van der Waals surface area contributed by atoms with Gasteiger partial charge in [-0.1, -0.05) is 38.1 Å². The molecule has 0 fully saturated rings. The van der Waals surface area contributed by atoms with Gasteiger partial charge >= 0.3 is 0 Å². The number of aryl methyl sites for hydroxylation is 1.